The van der Waals surface area contributed by atoms with E-state index in [9.17, 15) is 0 Å². The Morgan fingerprint density at radius 1 is 1.21 bits per heavy atom. The van der Waals surface area contributed by atoms with Gasteiger partial charge in [0, 0.05) is 9.58 Å². The smallest absolute Gasteiger partial charge is 0.0900 e. The first-order valence-corrected chi connectivity index (χ1v) is 7.97. The molecular formula is C15H16N2S2. The molecule has 2 heterocycles. The number of aromatic nitrogens is 1. The highest BCUT2D eigenvalue weighted by atomic mass is 32.1. The van der Waals surface area contributed by atoms with Crippen LogP contribution in [0.4, 0.5) is 0 Å². The Balaban J connectivity index is 2.17. The van der Waals surface area contributed by atoms with Crippen molar-refractivity contribution >= 4 is 32.8 Å². The van der Waals surface area contributed by atoms with E-state index in [1.807, 2.05) is 18.4 Å². The summed E-state index contributed by atoms with van der Waals surface area (Å²) in [5.74, 6) is 0. The molecule has 0 spiro atoms. The van der Waals surface area contributed by atoms with E-state index in [2.05, 4.69) is 53.8 Å². The minimum atomic E-state index is 0.230. The van der Waals surface area contributed by atoms with Gasteiger partial charge in [0.05, 0.1) is 16.7 Å². The van der Waals surface area contributed by atoms with Crippen LogP contribution < -0.4 is 5.32 Å². The van der Waals surface area contributed by atoms with E-state index in [0.717, 1.165) is 10.7 Å². The molecule has 1 aromatic carbocycles. The second-order valence-electron chi connectivity index (χ2n) is 4.59. The summed E-state index contributed by atoms with van der Waals surface area (Å²) in [4.78, 5) is 5.88. The molecule has 0 aliphatic heterocycles. The van der Waals surface area contributed by atoms with Crippen molar-refractivity contribution in [1.82, 2.24) is 10.3 Å². The van der Waals surface area contributed by atoms with E-state index in [0.29, 0.717) is 0 Å². The Labute approximate surface area is 121 Å². The zero-order valence-corrected chi connectivity index (χ0v) is 12.9. The van der Waals surface area contributed by atoms with Gasteiger partial charge in [0.1, 0.15) is 0 Å². The maximum Gasteiger partial charge on any atom is 0.0900 e. The van der Waals surface area contributed by atoms with Crippen LogP contribution >= 0.6 is 22.7 Å². The Bertz CT molecular complexity index is 712. The average molecular weight is 288 g/mol. The predicted molar refractivity (Wildman–Crippen MR) is 84.3 cm³/mol. The first-order valence-electron chi connectivity index (χ1n) is 6.28. The lowest BCUT2D eigenvalue weighted by molar-refractivity contribution is 0.703. The molecule has 1 N–H and O–H groups in total. The topological polar surface area (TPSA) is 24.9 Å². The Morgan fingerprint density at radius 2 is 2.05 bits per heavy atom. The van der Waals surface area contributed by atoms with E-state index in [1.54, 1.807) is 11.3 Å². The number of hydrogen-bond donors (Lipinski definition) is 1. The van der Waals surface area contributed by atoms with Crippen LogP contribution in [0, 0.1) is 13.8 Å². The molecule has 0 aliphatic rings. The first kappa shape index (κ1) is 12.8. The normalized spacial score (nSPS) is 13.0. The molecule has 0 radical (unpaired) electrons. The number of nitrogens with one attached hydrogen (secondary N) is 1. The van der Waals surface area contributed by atoms with Crippen LogP contribution in [0.5, 0.6) is 0 Å². The van der Waals surface area contributed by atoms with E-state index in [-0.39, 0.29) is 6.04 Å². The molecule has 3 aromatic rings. The number of nitrogens with zero attached hydrogens (tertiary/aromatic N) is 1. The Morgan fingerprint density at radius 3 is 2.74 bits per heavy atom. The second kappa shape index (κ2) is 5.04. The number of benzene rings is 1. The maximum atomic E-state index is 4.56. The number of rotatable bonds is 3. The van der Waals surface area contributed by atoms with E-state index in [1.165, 1.54) is 20.5 Å². The molecule has 0 bridgehead atoms. The van der Waals surface area contributed by atoms with Gasteiger partial charge in [0.25, 0.3) is 0 Å². The molecule has 3 rings (SSSR count). The van der Waals surface area contributed by atoms with Crippen molar-refractivity contribution < 1.29 is 0 Å². The van der Waals surface area contributed by atoms with Crippen LogP contribution in [0.1, 0.15) is 27.2 Å². The molecular weight excluding hydrogens is 272 g/mol. The van der Waals surface area contributed by atoms with Gasteiger partial charge in [0.2, 0.25) is 0 Å². The average Bonchev–Trinajstić information content (AvgIpc) is 2.98. The van der Waals surface area contributed by atoms with Gasteiger partial charge in [-0.2, -0.15) is 0 Å². The molecule has 1 unspecified atom stereocenters. The number of fused-ring (bicyclic) bond motifs is 1. The quantitative estimate of drug-likeness (QED) is 0.778. The van der Waals surface area contributed by atoms with Crippen molar-refractivity contribution in [3.63, 3.8) is 0 Å². The fourth-order valence-electron chi connectivity index (χ4n) is 2.49. The van der Waals surface area contributed by atoms with Crippen molar-refractivity contribution in [1.29, 1.82) is 0 Å². The lowest BCUT2D eigenvalue weighted by Crippen LogP contribution is -2.17. The summed E-state index contributed by atoms with van der Waals surface area (Å²) in [5.41, 5.74) is 2.48. The van der Waals surface area contributed by atoms with Crippen LogP contribution in [0.3, 0.4) is 0 Å². The predicted octanol–water partition coefficient (Wildman–Crippen LogP) is 4.28. The fourth-order valence-corrected chi connectivity index (χ4v) is 4.49. The van der Waals surface area contributed by atoms with E-state index in [4.69, 9.17) is 0 Å². The van der Waals surface area contributed by atoms with E-state index >= 15 is 0 Å². The molecule has 2 aromatic heterocycles. The van der Waals surface area contributed by atoms with Crippen LogP contribution in [0.15, 0.2) is 29.6 Å². The summed E-state index contributed by atoms with van der Waals surface area (Å²) in [6.07, 6.45) is 0. The van der Waals surface area contributed by atoms with Gasteiger partial charge in [-0.05, 0) is 43.3 Å². The largest absolute Gasteiger partial charge is 0.309 e. The monoisotopic (exact) mass is 288 g/mol. The van der Waals surface area contributed by atoms with Crippen LogP contribution in [0.2, 0.25) is 0 Å². The Hall–Kier alpha value is -1.23. The first-order chi connectivity index (χ1) is 9.20. The van der Waals surface area contributed by atoms with Gasteiger partial charge in [-0.3, -0.25) is 0 Å². The lowest BCUT2D eigenvalue weighted by atomic mass is 10.0. The zero-order valence-electron chi connectivity index (χ0n) is 11.2. The minimum Gasteiger partial charge on any atom is -0.309 e. The number of aryl methyl sites for hydroxylation is 2. The molecule has 4 heteroatoms. The van der Waals surface area contributed by atoms with Gasteiger partial charge < -0.3 is 5.32 Å². The Kier molecular flexibility index (Phi) is 3.39. The molecule has 0 saturated heterocycles. The highest BCUT2D eigenvalue weighted by Gasteiger charge is 2.20. The summed E-state index contributed by atoms with van der Waals surface area (Å²) < 4.78 is 1.37. The minimum absolute atomic E-state index is 0.230. The molecule has 19 heavy (non-hydrogen) atoms. The fraction of sp³-hybridized carbons (Fsp3) is 0.267. The number of thiophene rings is 1. The third kappa shape index (κ3) is 2.20. The second-order valence-corrected chi connectivity index (χ2v) is 6.74. The highest BCUT2D eigenvalue weighted by molar-refractivity contribution is 7.17. The van der Waals surface area contributed by atoms with Crippen molar-refractivity contribution in [2.24, 2.45) is 0 Å². The summed E-state index contributed by atoms with van der Waals surface area (Å²) in [6, 6.07) is 8.94. The number of thiazole rings is 1. The third-order valence-corrected chi connectivity index (χ3v) is 5.43. The molecule has 1 atom stereocenters. The summed E-state index contributed by atoms with van der Waals surface area (Å²) in [6.45, 7) is 4.16. The maximum absolute atomic E-state index is 4.56. The molecule has 2 nitrogen and oxygen atoms in total. The summed E-state index contributed by atoms with van der Waals surface area (Å²) in [5, 5.41) is 8.06. The van der Waals surface area contributed by atoms with Gasteiger partial charge in [-0.15, -0.1) is 22.7 Å². The lowest BCUT2D eigenvalue weighted by Gasteiger charge is -2.16. The molecule has 0 aliphatic carbocycles. The highest BCUT2D eigenvalue weighted by Crippen LogP contribution is 2.35. The van der Waals surface area contributed by atoms with Crippen LogP contribution in [-0.4, -0.2) is 12.0 Å². The number of hydrogen-bond acceptors (Lipinski definition) is 4. The van der Waals surface area contributed by atoms with Crippen LogP contribution in [0.25, 0.3) is 10.1 Å². The summed E-state index contributed by atoms with van der Waals surface area (Å²) >= 11 is 3.59. The van der Waals surface area contributed by atoms with Crippen molar-refractivity contribution in [2.45, 2.75) is 19.9 Å². The van der Waals surface area contributed by atoms with Crippen molar-refractivity contribution in [3.8, 4) is 0 Å². The van der Waals surface area contributed by atoms with Gasteiger partial charge in [-0.1, -0.05) is 18.2 Å². The van der Waals surface area contributed by atoms with Gasteiger partial charge >= 0.3 is 0 Å². The van der Waals surface area contributed by atoms with Gasteiger partial charge in [0.15, 0.2) is 0 Å². The van der Waals surface area contributed by atoms with E-state index < -0.39 is 0 Å². The molecule has 98 valence electrons. The molecule has 0 saturated carbocycles. The van der Waals surface area contributed by atoms with Gasteiger partial charge in [-0.25, -0.2) is 4.98 Å². The van der Waals surface area contributed by atoms with Crippen molar-refractivity contribution in [2.75, 3.05) is 7.05 Å². The summed E-state index contributed by atoms with van der Waals surface area (Å²) in [7, 11) is 2.02. The molecule has 0 fully saturated rings. The van der Waals surface area contributed by atoms with Crippen molar-refractivity contribution in [3.05, 3.63) is 50.8 Å². The standard InChI is InChI=1S/C15H16N2S2/c1-9-14(19-10(2)17-9)13(16-3)12-6-4-5-11-7-8-18-15(11)12/h4-8,13,16H,1-3H3. The SMILES string of the molecule is CNC(c1sc(C)nc1C)c1cccc2ccsc12. The van der Waals surface area contributed by atoms with Crippen LogP contribution in [-0.2, 0) is 0 Å². The molecule has 0 amide bonds. The third-order valence-electron chi connectivity index (χ3n) is 3.31. The zero-order chi connectivity index (χ0) is 13.4.